The van der Waals surface area contributed by atoms with Crippen LogP contribution in [0.25, 0.3) is 28.3 Å². The maximum atomic E-state index is 6.06. The fourth-order valence-corrected chi connectivity index (χ4v) is 6.08. The van der Waals surface area contributed by atoms with Crippen LogP contribution in [0.5, 0.6) is 17.2 Å². The second-order valence-corrected chi connectivity index (χ2v) is 11.6. The average Bonchev–Trinajstić information content (AvgIpc) is 3.17. The third kappa shape index (κ3) is 6.72. The van der Waals surface area contributed by atoms with Crippen molar-refractivity contribution < 1.29 is 14.2 Å². The Hall–Kier alpha value is -6.06. The molecule has 1 aliphatic rings. The molecule has 0 fully saturated rings. The van der Waals surface area contributed by atoms with Crippen molar-refractivity contribution in [3.63, 3.8) is 0 Å². The van der Waals surface area contributed by atoms with Crippen LogP contribution in [-0.2, 0) is 6.42 Å². The topological polar surface area (TPSA) is 27.7 Å². The van der Waals surface area contributed by atoms with E-state index in [1.807, 2.05) is 48.5 Å². The molecule has 0 saturated carbocycles. The standard InChI is InChI=1S/C45H36O3/c1-46-40-27-22-38(23-28-40)45(39-24-29-41(47-2)30-25-39)44(36-9-4-3-5-10-36)37-19-17-34(18-20-37)33-15-12-32(13-16-33)14-26-42-31-21-35-8-6-7-11-43(35)48-42/h3-20,22-31H,21H2,1-2H3. The molecule has 48 heavy (non-hydrogen) atoms. The van der Waals surface area contributed by atoms with Crippen LogP contribution in [0.2, 0.25) is 0 Å². The van der Waals surface area contributed by atoms with Crippen molar-refractivity contribution in [2.45, 2.75) is 6.42 Å². The highest BCUT2D eigenvalue weighted by atomic mass is 16.5. The van der Waals surface area contributed by atoms with Gasteiger partial charge in [-0.25, -0.2) is 0 Å². The van der Waals surface area contributed by atoms with Gasteiger partial charge in [0, 0.05) is 0 Å². The third-order valence-corrected chi connectivity index (χ3v) is 8.65. The van der Waals surface area contributed by atoms with Crippen LogP contribution < -0.4 is 14.2 Å². The summed E-state index contributed by atoms with van der Waals surface area (Å²) >= 11 is 0. The Bertz CT molecular complexity index is 2030. The number of fused-ring (bicyclic) bond motifs is 1. The zero-order chi connectivity index (χ0) is 32.7. The van der Waals surface area contributed by atoms with E-state index >= 15 is 0 Å². The summed E-state index contributed by atoms with van der Waals surface area (Å²) in [6.07, 6.45) is 7.15. The number of methoxy groups -OCH3 is 2. The molecule has 6 aromatic carbocycles. The Balaban J connectivity index is 1.21. The SMILES string of the molecule is COc1ccc(C(=C(c2ccccc2)c2ccc(-c3ccc(C=CC4=CCc5ccccc5O4)cc3)cc2)c2ccc(OC)cc2)cc1. The molecule has 0 aliphatic carbocycles. The van der Waals surface area contributed by atoms with Crippen LogP contribution in [0.4, 0.5) is 0 Å². The zero-order valence-electron chi connectivity index (χ0n) is 27.1. The normalized spacial score (nSPS) is 12.1. The van der Waals surface area contributed by atoms with Gasteiger partial charge in [-0.2, -0.15) is 0 Å². The van der Waals surface area contributed by atoms with Gasteiger partial charge in [-0.3, -0.25) is 0 Å². The first-order chi connectivity index (χ1) is 23.7. The molecule has 0 radical (unpaired) electrons. The predicted molar refractivity (Wildman–Crippen MR) is 197 cm³/mol. The molecule has 6 aromatic rings. The molecular formula is C45H36O3. The van der Waals surface area contributed by atoms with Crippen LogP contribution in [0.15, 0.2) is 170 Å². The van der Waals surface area contributed by atoms with Crippen LogP contribution in [0.3, 0.4) is 0 Å². The van der Waals surface area contributed by atoms with E-state index in [0.717, 1.165) is 79.5 Å². The van der Waals surface area contributed by atoms with E-state index in [-0.39, 0.29) is 0 Å². The minimum absolute atomic E-state index is 0.824. The van der Waals surface area contributed by atoms with Crippen molar-refractivity contribution in [1.29, 1.82) is 0 Å². The van der Waals surface area contributed by atoms with Crippen LogP contribution in [-0.4, -0.2) is 14.2 Å². The molecule has 0 bridgehead atoms. The first kappa shape index (κ1) is 30.6. The van der Waals surface area contributed by atoms with E-state index < -0.39 is 0 Å². The Morgan fingerprint density at radius 2 is 0.979 bits per heavy atom. The lowest BCUT2D eigenvalue weighted by molar-refractivity contribution is 0.414. The summed E-state index contributed by atoms with van der Waals surface area (Å²) in [6, 6.07) is 52.9. The van der Waals surface area contributed by atoms with E-state index in [9.17, 15) is 0 Å². The minimum atomic E-state index is 0.824. The first-order valence-corrected chi connectivity index (χ1v) is 16.1. The molecule has 0 N–H and O–H groups in total. The summed E-state index contributed by atoms with van der Waals surface area (Å²) in [6.45, 7) is 0. The highest BCUT2D eigenvalue weighted by Crippen LogP contribution is 2.38. The van der Waals surface area contributed by atoms with Crippen LogP contribution in [0.1, 0.15) is 33.4 Å². The monoisotopic (exact) mass is 624 g/mol. The molecule has 0 aromatic heterocycles. The average molecular weight is 625 g/mol. The predicted octanol–water partition coefficient (Wildman–Crippen LogP) is 10.9. The summed E-state index contributed by atoms with van der Waals surface area (Å²) < 4.78 is 17.0. The van der Waals surface area contributed by atoms with Gasteiger partial charge in [0.25, 0.3) is 0 Å². The molecule has 234 valence electrons. The Kier molecular flexibility index (Phi) is 9.02. The van der Waals surface area contributed by atoms with E-state index in [2.05, 4.69) is 121 Å². The van der Waals surface area contributed by atoms with Crippen molar-refractivity contribution in [3.8, 4) is 28.4 Å². The van der Waals surface area contributed by atoms with Gasteiger partial charge in [0.1, 0.15) is 23.0 Å². The summed E-state index contributed by atoms with van der Waals surface area (Å²) in [7, 11) is 3.39. The van der Waals surface area contributed by atoms with Crippen molar-refractivity contribution in [3.05, 3.63) is 203 Å². The molecule has 0 atom stereocenters. The number of hydrogen-bond donors (Lipinski definition) is 0. The van der Waals surface area contributed by atoms with E-state index in [0.29, 0.717) is 0 Å². The van der Waals surface area contributed by atoms with Gasteiger partial charge < -0.3 is 14.2 Å². The number of rotatable bonds is 9. The fraction of sp³-hybridized carbons (Fsp3) is 0.0667. The molecule has 0 amide bonds. The van der Waals surface area contributed by atoms with Gasteiger partial charge in [-0.1, -0.05) is 127 Å². The Morgan fingerprint density at radius 3 is 1.54 bits per heavy atom. The van der Waals surface area contributed by atoms with Crippen LogP contribution in [0, 0.1) is 0 Å². The summed E-state index contributed by atoms with van der Waals surface area (Å²) in [4.78, 5) is 0. The highest BCUT2D eigenvalue weighted by molar-refractivity contribution is 6.04. The zero-order valence-corrected chi connectivity index (χ0v) is 27.1. The van der Waals surface area contributed by atoms with E-state index in [1.54, 1.807) is 14.2 Å². The molecule has 7 rings (SSSR count). The number of benzene rings is 6. The van der Waals surface area contributed by atoms with Crippen LogP contribution >= 0.6 is 0 Å². The molecule has 0 spiro atoms. The maximum Gasteiger partial charge on any atom is 0.130 e. The van der Waals surface area contributed by atoms with Gasteiger partial charge in [0.15, 0.2) is 0 Å². The molecule has 3 nitrogen and oxygen atoms in total. The third-order valence-electron chi connectivity index (χ3n) is 8.65. The van der Waals surface area contributed by atoms with Crippen molar-refractivity contribution in [1.82, 2.24) is 0 Å². The molecular weight excluding hydrogens is 588 g/mol. The molecule has 0 unspecified atom stereocenters. The van der Waals surface area contributed by atoms with E-state index in [1.165, 1.54) is 5.56 Å². The molecule has 1 aliphatic heterocycles. The molecule has 3 heteroatoms. The lowest BCUT2D eigenvalue weighted by Crippen LogP contribution is -2.02. The number of ether oxygens (including phenoxy) is 3. The Labute approximate surface area is 282 Å². The Morgan fingerprint density at radius 1 is 0.500 bits per heavy atom. The molecule has 0 saturated heterocycles. The van der Waals surface area contributed by atoms with Gasteiger partial charge >= 0.3 is 0 Å². The highest BCUT2D eigenvalue weighted by Gasteiger charge is 2.17. The van der Waals surface area contributed by atoms with Gasteiger partial charge in [0.05, 0.1) is 14.2 Å². The summed E-state index contributed by atoms with van der Waals surface area (Å²) in [5.74, 6) is 3.46. The number of hydrogen-bond acceptors (Lipinski definition) is 3. The molecule has 1 heterocycles. The minimum Gasteiger partial charge on any atom is -0.497 e. The second-order valence-electron chi connectivity index (χ2n) is 11.6. The quantitative estimate of drug-likeness (QED) is 0.150. The second kappa shape index (κ2) is 14.1. The lowest BCUT2D eigenvalue weighted by atomic mass is 9.85. The number of para-hydroxylation sites is 1. The lowest BCUT2D eigenvalue weighted by Gasteiger charge is -2.19. The van der Waals surface area contributed by atoms with E-state index in [4.69, 9.17) is 14.2 Å². The fourth-order valence-electron chi connectivity index (χ4n) is 6.08. The van der Waals surface area contributed by atoms with Crippen molar-refractivity contribution >= 4 is 17.2 Å². The first-order valence-electron chi connectivity index (χ1n) is 16.1. The van der Waals surface area contributed by atoms with Gasteiger partial charge in [-0.15, -0.1) is 0 Å². The summed E-state index contributed by atoms with van der Waals surface area (Å²) in [5.41, 5.74) is 11.4. The van der Waals surface area contributed by atoms with Crippen molar-refractivity contribution in [2.24, 2.45) is 0 Å². The largest absolute Gasteiger partial charge is 0.497 e. The summed E-state index contributed by atoms with van der Waals surface area (Å²) in [5, 5.41) is 0. The van der Waals surface area contributed by atoms with Gasteiger partial charge in [-0.05, 0) is 105 Å². The van der Waals surface area contributed by atoms with Crippen molar-refractivity contribution in [2.75, 3.05) is 14.2 Å². The number of allylic oxidation sites excluding steroid dienone is 2. The smallest absolute Gasteiger partial charge is 0.130 e. The van der Waals surface area contributed by atoms with Gasteiger partial charge in [0.2, 0.25) is 0 Å². The maximum absolute atomic E-state index is 6.06.